The number of likely N-dealkylation sites (tertiary alicyclic amines) is 1. The van der Waals surface area contributed by atoms with Gasteiger partial charge in [0, 0.05) is 42.0 Å². The van der Waals surface area contributed by atoms with Crippen molar-refractivity contribution in [3.8, 4) is 0 Å². The molecule has 40 heavy (non-hydrogen) atoms. The van der Waals surface area contributed by atoms with Gasteiger partial charge in [0.2, 0.25) is 0 Å². The maximum atomic E-state index is 13.8. The maximum absolute atomic E-state index is 13.8. The second kappa shape index (κ2) is 11.4. The smallest absolute Gasteiger partial charge is 0.258 e. The van der Waals surface area contributed by atoms with E-state index < -0.39 is 6.17 Å². The number of aromatic nitrogens is 2. The summed E-state index contributed by atoms with van der Waals surface area (Å²) in [4.78, 5) is 28.0. The van der Waals surface area contributed by atoms with Crippen molar-refractivity contribution in [1.82, 2.24) is 20.0 Å². The van der Waals surface area contributed by atoms with Gasteiger partial charge < -0.3 is 5.32 Å². The minimum atomic E-state index is -0.743. The van der Waals surface area contributed by atoms with Gasteiger partial charge in [0.25, 0.3) is 5.91 Å². The first-order valence-corrected chi connectivity index (χ1v) is 14.0. The van der Waals surface area contributed by atoms with Crippen LogP contribution < -0.4 is 5.32 Å². The molecule has 1 saturated heterocycles. The summed E-state index contributed by atoms with van der Waals surface area (Å²) in [6, 6.07) is 13.9. The second-order valence-corrected chi connectivity index (χ2v) is 11.1. The molecule has 0 radical (unpaired) electrons. The SMILES string of the molecule is O=C1CC=C(NC(=O)c2cnn(Cc3ccc(Cl)cc3)c2)C=C1C1=Cc2cc(CN3CCCC(F)C3)ccc2C1. The molecule has 1 fully saturated rings. The highest BCUT2D eigenvalue weighted by Gasteiger charge is 2.24. The number of hydrogen-bond acceptors (Lipinski definition) is 4. The van der Waals surface area contributed by atoms with Crippen molar-refractivity contribution < 1.29 is 14.0 Å². The molecule has 1 aliphatic heterocycles. The van der Waals surface area contributed by atoms with Crippen LogP contribution in [0.25, 0.3) is 6.08 Å². The third kappa shape index (κ3) is 6.01. The number of fused-ring (bicyclic) bond motifs is 1. The van der Waals surface area contributed by atoms with Crippen molar-refractivity contribution in [3.05, 3.63) is 117 Å². The molecule has 2 aromatic carbocycles. The van der Waals surface area contributed by atoms with Crippen LogP contribution in [0.3, 0.4) is 0 Å². The lowest BCUT2D eigenvalue weighted by atomic mass is 9.93. The van der Waals surface area contributed by atoms with Crippen LogP contribution in [-0.4, -0.2) is 45.6 Å². The first-order chi connectivity index (χ1) is 19.4. The fraction of sp³-hybridized carbons (Fsp3) is 0.281. The van der Waals surface area contributed by atoms with Crippen molar-refractivity contribution in [1.29, 1.82) is 0 Å². The number of nitrogens with one attached hydrogen (secondary N) is 1. The van der Waals surface area contributed by atoms with Gasteiger partial charge in [0.05, 0.1) is 18.3 Å². The molecule has 8 heteroatoms. The quantitative estimate of drug-likeness (QED) is 0.407. The Kier molecular flexibility index (Phi) is 7.50. The number of Topliss-reactive ketones (excluding diaryl/α,β-unsaturated/α-hetero) is 1. The molecule has 0 saturated carbocycles. The van der Waals surface area contributed by atoms with Crippen LogP contribution in [0.2, 0.25) is 5.02 Å². The van der Waals surface area contributed by atoms with Crippen LogP contribution >= 0.6 is 11.6 Å². The number of hydrogen-bond donors (Lipinski definition) is 1. The normalized spacial score (nSPS) is 19.1. The number of rotatable bonds is 7. The third-order valence-corrected chi connectivity index (χ3v) is 7.89. The van der Waals surface area contributed by atoms with Crippen LogP contribution in [-0.2, 0) is 24.3 Å². The molecular formula is C32H30ClFN4O2. The Bertz CT molecular complexity index is 1550. The van der Waals surface area contributed by atoms with Crippen molar-refractivity contribution in [3.63, 3.8) is 0 Å². The summed E-state index contributed by atoms with van der Waals surface area (Å²) in [5, 5.41) is 7.91. The average Bonchev–Trinajstić information content (AvgIpc) is 3.58. The highest BCUT2D eigenvalue weighted by molar-refractivity contribution is 6.30. The van der Waals surface area contributed by atoms with Crippen LogP contribution in [0, 0.1) is 0 Å². The Hall–Kier alpha value is -3.81. The second-order valence-electron chi connectivity index (χ2n) is 10.7. The van der Waals surface area contributed by atoms with E-state index in [1.54, 1.807) is 23.0 Å². The lowest BCUT2D eigenvalue weighted by Crippen LogP contribution is -2.35. The van der Waals surface area contributed by atoms with E-state index >= 15 is 0 Å². The Morgan fingerprint density at radius 3 is 2.75 bits per heavy atom. The summed E-state index contributed by atoms with van der Waals surface area (Å²) in [6.45, 7) is 2.66. The van der Waals surface area contributed by atoms with Gasteiger partial charge >= 0.3 is 0 Å². The molecule has 1 unspecified atom stereocenters. The summed E-state index contributed by atoms with van der Waals surface area (Å²) < 4.78 is 15.5. The summed E-state index contributed by atoms with van der Waals surface area (Å²) in [5.41, 5.74) is 7.07. The molecule has 1 atom stereocenters. The van der Waals surface area contributed by atoms with Gasteiger partial charge in [-0.3, -0.25) is 19.2 Å². The molecule has 204 valence electrons. The number of carbonyl (C=O) groups excluding carboxylic acids is 2. The Labute approximate surface area is 237 Å². The molecule has 3 aliphatic rings. The topological polar surface area (TPSA) is 67.2 Å². The van der Waals surface area contributed by atoms with Crippen LogP contribution in [0.15, 0.2) is 83.9 Å². The molecule has 1 amide bonds. The lowest BCUT2D eigenvalue weighted by molar-refractivity contribution is -0.114. The van der Waals surface area contributed by atoms with Crippen LogP contribution in [0.4, 0.5) is 4.39 Å². The minimum absolute atomic E-state index is 0.0374. The van der Waals surface area contributed by atoms with Crippen molar-refractivity contribution >= 4 is 29.4 Å². The van der Waals surface area contributed by atoms with E-state index in [1.165, 1.54) is 11.8 Å². The number of amides is 1. The van der Waals surface area contributed by atoms with Crippen molar-refractivity contribution in [2.45, 2.75) is 44.9 Å². The first-order valence-electron chi connectivity index (χ1n) is 13.6. The Balaban J connectivity index is 1.12. The van der Waals surface area contributed by atoms with E-state index in [0.29, 0.717) is 47.8 Å². The number of ketones is 1. The number of benzene rings is 2. The van der Waals surface area contributed by atoms with Gasteiger partial charge in [-0.1, -0.05) is 54.1 Å². The molecule has 2 heterocycles. The van der Waals surface area contributed by atoms with E-state index in [1.807, 2.05) is 24.3 Å². The largest absolute Gasteiger partial charge is 0.322 e. The highest BCUT2D eigenvalue weighted by atomic mass is 35.5. The molecule has 1 aromatic heterocycles. The van der Waals surface area contributed by atoms with E-state index in [2.05, 4.69) is 39.6 Å². The van der Waals surface area contributed by atoms with Gasteiger partial charge in [-0.2, -0.15) is 5.10 Å². The molecule has 6 rings (SSSR count). The summed E-state index contributed by atoms with van der Waals surface area (Å²) in [7, 11) is 0. The number of allylic oxidation sites excluding steroid dienone is 4. The van der Waals surface area contributed by atoms with Gasteiger partial charge in [0.15, 0.2) is 5.78 Å². The zero-order chi connectivity index (χ0) is 27.6. The predicted molar refractivity (Wildman–Crippen MR) is 154 cm³/mol. The highest BCUT2D eigenvalue weighted by Crippen LogP contribution is 2.33. The van der Waals surface area contributed by atoms with E-state index in [-0.39, 0.29) is 18.1 Å². The predicted octanol–water partition coefficient (Wildman–Crippen LogP) is 5.67. The fourth-order valence-corrected chi connectivity index (χ4v) is 5.70. The zero-order valence-corrected chi connectivity index (χ0v) is 22.8. The standard InChI is InChI=1S/C32H30ClFN4O2/c33-27-7-4-21(5-8-27)18-38-19-26(16-35-38)32(40)36-29-9-10-31(39)30(15-29)25-13-23-6-3-22(12-24(23)14-25)17-37-11-1-2-28(34)20-37/h3-9,12,14-16,19,28H,1-2,10-11,13,17-18,20H2,(H,36,40). The molecule has 2 aliphatic carbocycles. The molecule has 6 nitrogen and oxygen atoms in total. The fourth-order valence-electron chi connectivity index (χ4n) is 5.57. The number of piperidine rings is 1. The summed E-state index contributed by atoms with van der Waals surface area (Å²) in [5.74, 6) is -0.240. The van der Waals surface area contributed by atoms with E-state index in [4.69, 9.17) is 11.6 Å². The average molecular weight is 557 g/mol. The Morgan fingerprint density at radius 1 is 1.10 bits per heavy atom. The van der Waals surface area contributed by atoms with Gasteiger partial charge in [-0.15, -0.1) is 0 Å². The molecule has 0 bridgehead atoms. The van der Waals surface area contributed by atoms with Crippen molar-refractivity contribution in [2.24, 2.45) is 0 Å². The zero-order valence-electron chi connectivity index (χ0n) is 22.1. The number of carbonyl (C=O) groups is 2. The van der Waals surface area contributed by atoms with E-state index in [0.717, 1.165) is 41.8 Å². The van der Waals surface area contributed by atoms with Crippen LogP contribution in [0.5, 0.6) is 0 Å². The monoisotopic (exact) mass is 556 g/mol. The molecule has 3 aromatic rings. The molecule has 0 spiro atoms. The van der Waals surface area contributed by atoms with E-state index in [9.17, 15) is 14.0 Å². The molecule has 1 N–H and O–H groups in total. The third-order valence-electron chi connectivity index (χ3n) is 7.64. The minimum Gasteiger partial charge on any atom is -0.322 e. The lowest BCUT2D eigenvalue weighted by Gasteiger charge is -2.28. The Morgan fingerprint density at radius 2 is 1.93 bits per heavy atom. The number of halogens is 2. The summed E-state index contributed by atoms with van der Waals surface area (Å²) >= 11 is 5.96. The van der Waals surface area contributed by atoms with Gasteiger partial charge in [-0.05, 0) is 71.8 Å². The number of nitrogens with zero attached hydrogens (tertiary/aromatic N) is 3. The molecular weight excluding hydrogens is 527 g/mol. The maximum Gasteiger partial charge on any atom is 0.258 e. The first kappa shape index (κ1) is 26.4. The van der Waals surface area contributed by atoms with Gasteiger partial charge in [0.1, 0.15) is 6.17 Å². The number of alkyl halides is 1. The summed E-state index contributed by atoms with van der Waals surface area (Å²) in [6.07, 6.45) is 10.5. The van der Waals surface area contributed by atoms with Gasteiger partial charge in [-0.25, -0.2) is 4.39 Å². The van der Waals surface area contributed by atoms with Crippen molar-refractivity contribution in [2.75, 3.05) is 13.1 Å². The van der Waals surface area contributed by atoms with Crippen LogP contribution in [0.1, 0.15) is 51.9 Å².